The van der Waals surface area contributed by atoms with Gasteiger partial charge in [0.15, 0.2) is 12.0 Å². The molecule has 1 aromatic rings. The molecule has 0 radical (unpaired) electrons. The lowest BCUT2D eigenvalue weighted by molar-refractivity contribution is 0.110. The molecule has 0 N–H and O–H groups in total. The Kier molecular flexibility index (Phi) is 2.82. The van der Waals surface area contributed by atoms with Crippen LogP contribution in [0.4, 0.5) is 0 Å². The van der Waals surface area contributed by atoms with Gasteiger partial charge in [0.25, 0.3) is 0 Å². The van der Waals surface area contributed by atoms with Crippen molar-refractivity contribution in [1.29, 1.82) is 0 Å². The van der Waals surface area contributed by atoms with Crippen molar-refractivity contribution in [3.8, 4) is 0 Å². The van der Waals surface area contributed by atoms with Crippen molar-refractivity contribution in [3.63, 3.8) is 0 Å². The van der Waals surface area contributed by atoms with Gasteiger partial charge in [-0.25, -0.2) is 0 Å². The molecule has 1 aliphatic carbocycles. The minimum atomic E-state index is 0.421. The second kappa shape index (κ2) is 4.27. The summed E-state index contributed by atoms with van der Waals surface area (Å²) < 4.78 is 5.39. The maximum atomic E-state index is 10.5. The van der Waals surface area contributed by atoms with Crippen LogP contribution in [0.5, 0.6) is 0 Å². The number of rotatable bonds is 2. The third-order valence-electron chi connectivity index (χ3n) is 2.60. The minimum absolute atomic E-state index is 0.421. The quantitative estimate of drug-likeness (QED) is 0.669. The van der Waals surface area contributed by atoms with Crippen molar-refractivity contribution in [2.45, 2.75) is 32.1 Å². The monoisotopic (exact) mass is 190 g/mol. The molecule has 0 saturated carbocycles. The number of carbonyl (C=O) groups excluding carboxylic acids is 1. The lowest BCUT2D eigenvalue weighted by atomic mass is 10.1. The standard InChI is InChI=1S/C12H14O2/c13-9-11-7-8-12(14-11)10-5-3-1-2-4-6-10/h5,7-9H,1-4,6H2. The van der Waals surface area contributed by atoms with E-state index in [1.165, 1.54) is 24.8 Å². The molecule has 1 aliphatic rings. The van der Waals surface area contributed by atoms with E-state index in [0.717, 1.165) is 24.9 Å². The van der Waals surface area contributed by atoms with Crippen LogP contribution in [0.1, 0.15) is 48.4 Å². The molecule has 0 atom stereocenters. The summed E-state index contributed by atoms with van der Waals surface area (Å²) in [6.45, 7) is 0. The van der Waals surface area contributed by atoms with Crippen molar-refractivity contribution in [1.82, 2.24) is 0 Å². The van der Waals surface area contributed by atoms with E-state index in [0.29, 0.717) is 5.76 Å². The van der Waals surface area contributed by atoms with Gasteiger partial charge in [0, 0.05) is 0 Å². The third-order valence-corrected chi connectivity index (χ3v) is 2.60. The Labute approximate surface area is 83.6 Å². The van der Waals surface area contributed by atoms with Gasteiger partial charge in [-0.05, 0) is 43.4 Å². The average Bonchev–Trinajstić information content (AvgIpc) is 2.53. The summed E-state index contributed by atoms with van der Waals surface area (Å²) in [5.41, 5.74) is 1.26. The van der Waals surface area contributed by atoms with E-state index in [9.17, 15) is 4.79 Å². The molecule has 14 heavy (non-hydrogen) atoms. The van der Waals surface area contributed by atoms with E-state index in [-0.39, 0.29) is 0 Å². The molecular weight excluding hydrogens is 176 g/mol. The van der Waals surface area contributed by atoms with Gasteiger partial charge in [-0.1, -0.05) is 12.5 Å². The number of allylic oxidation sites excluding steroid dienone is 2. The Hall–Kier alpha value is -1.31. The van der Waals surface area contributed by atoms with Gasteiger partial charge in [0.2, 0.25) is 0 Å². The van der Waals surface area contributed by atoms with Crippen molar-refractivity contribution < 1.29 is 9.21 Å². The summed E-state index contributed by atoms with van der Waals surface area (Å²) in [4.78, 5) is 10.5. The molecular formula is C12H14O2. The van der Waals surface area contributed by atoms with Gasteiger partial charge in [0.05, 0.1) is 0 Å². The normalized spacial score (nSPS) is 17.3. The maximum Gasteiger partial charge on any atom is 0.185 e. The Balaban J connectivity index is 2.19. The molecule has 1 heterocycles. The Bertz CT molecular complexity index is 347. The van der Waals surface area contributed by atoms with Gasteiger partial charge in [-0.15, -0.1) is 0 Å². The number of hydrogen-bond donors (Lipinski definition) is 0. The summed E-state index contributed by atoms with van der Waals surface area (Å²) in [6, 6.07) is 3.62. The number of carbonyl (C=O) groups is 1. The molecule has 2 rings (SSSR count). The summed E-state index contributed by atoms with van der Waals surface area (Å²) >= 11 is 0. The Morgan fingerprint density at radius 1 is 1.21 bits per heavy atom. The molecule has 2 nitrogen and oxygen atoms in total. The zero-order valence-corrected chi connectivity index (χ0v) is 8.16. The summed E-state index contributed by atoms with van der Waals surface area (Å²) in [7, 11) is 0. The van der Waals surface area contributed by atoms with Crippen molar-refractivity contribution in [2.24, 2.45) is 0 Å². The van der Waals surface area contributed by atoms with E-state index in [2.05, 4.69) is 6.08 Å². The van der Waals surface area contributed by atoms with Crippen molar-refractivity contribution in [3.05, 3.63) is 29.7 Å². The fourth-order valence-corrected chi connectivity index (χ4v) is 1.83. The van der Waals surface area contributed by atoms with Crippen LogP contribution in [-0.4, -0.2) is 6.29 Å². The Morgan fingerprint density at radius 3 is 2.93 bits per heavy atom. The zero-order chi connectivity index (χ0) is 9.80. The van der Waals surface area contributed by atoms with Gasteiger partial charge >= 0.3 is 0 Å². The van der Waals surface area contributed by atoms with Crippen LogP contribution < -0.4 is 0 Å². The van der Waals surface area contributed by atoms with Crippen molar-refractivity contribution >= 4 is 11.9 Å². The SMILES string of the molecule is O=Cc1ccc(C2=CCCCCC2)o1. The second-order valence-corrected chi connectivity index (χ2v) is 3.65. The smallest absolute Gasteiger partial charge is 0.185 e. The molecule has 0 amide bonds. The van der Waals surface area contributed by atoms with Crippen LogP contribution in [0.25, 0.3) is 5.57 Å². The molecule has 0 fully saturated rings. The molecule has 74 valence electrons. The van der Waals surface area contributed by atoms with Crippen molar-refractivity contribution in [2.75, 3.05) is 0 Å². The first-order chi connectivity index (χ1) is 6.90. The summed E-state index contributed by atoms with van der Waals surface area (Å²) in [6.07, 6.45) is 8.98. The number of furan rings is 1. The van der Waals surface area contributed by atoms with Gasteiger partial charge in [0.1, 0.15) is 5.76 Å². The van der Waals surface area contributed by atoms with Crippen LogP contribution in [-0.2, 0) is 0 Å². The fourth-order valence-electron chi connectivity index (χ4n) is 1.83. The molecule has 0 aromatic carbocycles. The van der Waals surface area contributed by atoms with Crippen LogP contribution in [0, 0.1) is 0 Å². The average molecular weight is 190 g/mol. The highest BCUT2D eigenvalue weighted by molar-refractivity contribution is 5.72. The summed E-state index contributed by atoms with van der Waals surface area (Å²) in [5, 5.41) is 0. The van der Waals surface area contributed by atoms with Gasteiger partial charge in [-0.3, -0.25) is 4.79 Å². The Morgan fingerprint density at radius 2 is 2.14 bits per heavy atom. The van der Waals surface area contributed by atoms with Crippen LogP contribution >= 0.6 is 0 Å². The van der Waals surface area contributed by atoms with Gasteiger partial charge < -0.3 is 4.42 Å². The molecule has 0 spiro atoms. The number of aldehydes is 1. The lowest BCUT2D eigenvalue weighted by Crippen LogP contribution is -1.80. The molecule has 2 heteroatoms. The topological polar surface area (TPSA) is 30.2 Å². The van der Waals surface area contributed by atoms with E-state index < -0.39 is 0 Å². The molecule has 0 aliphatic heterocycles. The maximum absolute atomic E-state index is 10.5. The fraction of sp³-hybridized carbons (Fsp3) is 0.417. The highest BCUT2D eigenvalue weighted by Crippen LogP contribution is 2.26. The predicted molar refractivity (Wildman–Crippen MR) is 55.2 cm³/mol. The third kappa shape index (κ3) is 1.95. The molecule has 0 bridgehead atoms. The summed E-state index contributed by atoms with van der Waals surface area (Å²) in [5.74, 6) is 1.29. The minimum Gasteiger partial charge on any atom is -0.454 e. The van der Waals surface area contributed by atoms with Crippen LogP contribution in [0.15, 0.2) is 22.6 Å². The predicted octanol–water partition coefficient (Wildman–Crippen LogP) is 3.44. The largest absolute Gasteiger partial charge is 0.454 e. The van der Waals surface area contributed by atoms with E-state index in [1.807, 2.05) is 6.07 Å². The highest BCUT2D eigenvalue weighted by Gasteiger charge is 2.09. The first-order valence-electron chi connectivity index (χ1n) is 5.14. The zero-order valence-electron chi connectivity index (χ0n) is 8.16. The van der Waals surface area contributed by atoms with E-state index in [1.54, 1.807) is 6.07 Å². The first-order valence-corrected chi connectivity index (χ1v) is 5.14. The highest BCUT2D eigenvalue weighted by atomic mass is 16.3. The second-order valence-electron chi connectivity index (χ2n) is 3.65. The lowest BCUT2D eigenvalue weighted by Gasteiger charge is -1.99. The first kappa shape index (κ1) is 9.25. The van der Waals surface area contributed by atoms with E-state index >= 15 is 0 Å². The van der Waals surface area contributed by atoms with Gasteiger partial charge in [-0.2, -0.15) is 0 Å². The molecule has 0 unspecified atom stereocenters. The van der Waals surface area contributed by atoms with E-state index in [4.69, 9.17) is 4.42 Å². The van der Waals surface area contributed by atoms with Crippen LogP contribution in [0.2, 0.25) is 0 Å². The molecule has 1 aromatic heterocycles. The molecule has 0 saturated heterocycles. The van der Waals surface area contributed by atoms with Crippen LogP contribution in [0.3, 0.4) is 0 Å². The number of hydrogen-bond acceptors (Lipinski definition) is 2.